The lowest BCUT2D eigenvalue weighted by molar-refractivity contribution is -0.137. The average Bonchev–Trinajstić information content (AvgIpc) is 2.36. The number of benzene rings is 1. The van der Waals surface area contributed by atoms with Gasteiger partial charge in [-0.05, 0) is 38.5 Å². The first-order valence-corrected chi connectivity index (χ1v) is 7.47. The number of fused-ring (bicyclic) bond motifs is 1. The Bertz CT molecular complexity index is 564. The van der Waals surface area contributed by atoms with Crippen LogP contribution in [0.25, 0.3) is 0 Å². The summed E-state index contributed by atoms with van der Waals surface area (Å²) in [5.41, 5.74) is 0.703. The molecule has 116 valence electrons. The molecule has 0 amide bonds. The van der Waals surface area contributed by atoms with Gasteiger partial charge < -0.3 is 9.29 Å². The second-order valence-corrected chi connectivity index (χ2v) is 7.67. The summed E-state index contributed by atoms with van der Waals surface area (Å²) in [7, 11) is 0. The zero-order valence-electron chi connectivity index (χ0n) is 12.0. The molecule has 0 bridgehead atoms. The third-order valence-corrected chi connectivity index (χ3v) is 4.39. The highest BCUT2D eigenvalue weighted by atomic mass is 32.2. The lowest BCUT2D eigenvalue weighted by atomic mass is 9.99. The van der Waals surface area contributed by atoms with Crippen molar-refractivity contribution in [2.75, 3.05) is 6.61 Å². The van der Waals surface area contributed by atoms with Crippen molar-refractivity contribution in [3.05, 3.63) is 34.9 Å². The Kier molecular flexibility index (Phi) is 4.37. The summed E-state index contributed by atoms with van der Waals surface area (Å²) < 4.78 is 59.0. The summed E-state index contributed by atoms with van der Waals surface area (Å²) in [5.74, 6) is 0. The maximum Gasteiger partial charge on any atom is 0.416 e. The molecule has 0 N–H and O–H groups in total. The van der Waals surface area contributed by atoms with Gasteiger partial charge in [0.1, 0.15) is 21.8 Å². The SMILES string of the molecule is CC(C)(C)[S+]([O-])N=C1COCc2cc(C(F)(F)F)ccc21. The van der Waals surface area contributed by atoms with E-state index in [4.69, 9.17) is 4.74 Å². The van der Waals surface area contributed by atoms with E-state index in [2.05, 4.69) is 4.40 Å². The van der Waals surface area contributed by atoms with Gasteiger partial charge in [-0.15, -0.1) is 0 Å². The third-order valence-electron chi connectivity index (χ3n) is 2.96. The number of hydrogen-bond acceptors (Lipinski definition) is 3. The highest BCUT2D eigenvalue weighted by molar-refractivity contribution is 7.91. The maximum absolute atomic E-state index is 12.7. The van der Waals surface area contributed by atoms with Gasteiger partial charge in [0.25, 0.3) is 0 Å². The molecule has 0 aromatic heterocycles. The van der Waals surface area contributed by atoms with Crippen molar-refractivity contribution in [2.24, 2.45) is 4.40 Å². The number of rotatable bonds is 1. The van der Waals surface area contributed by atoms with Crippen LogP contribution in [0.4, 0.5) is 13.2 Å². The maximum atomic E-state index is 12.7. The van der Waals surface area contributed by atoms with Crippen LogP contribution in [0.2, 0.25) is 0 Å². The number of halogens is 3. The van der Waals surface area contributed by atoms with E-state index in [9.17, 15) is 17.7 Å². The van der Waals surface area contributed by atoms with Gasteiger partial charge in [0.05, 0.1) is 18.8 Å². The lowest BCUT2D eigenvalue weighted by Crippen LogP contribution is -2.29. The monoisotopic (exact) mass is 319 g/mol. The summed E-state index contributed by atoms with van der Waals surface area (Å²) in [6.07, 6.45) is -4.39. The van der Waals surface area contributed by atoms with Crippen molar-refractivity contribution < 1.29 is 22.5 Å². The second kappa shape index (κ2) is 5.62. The first-order chi connectivity index (χ1) is 9.59. The van der Waals surface area contributed by atoms with Gasteiger partial charge in [-0.25, -0.2) is 0 Å². The highest BCUT2D eigenvalue weighted by Crippen LogP contribution is 2.32. The summed E-state index contributed by atoms with van der Waals surface area (Å²) in [6, 6.07) is 3.45. The number of nitrogens with zero attached hydrogens (tertiary/aromatic N) is 1. The standard InChI is InChI=1S/C14H16F3NO2S/c1-13(2,3)21(19)18-12-8-20-7-9-6-10(14(15,16)17)4-5-11(9)12/h4-6H,7-8H2,1-3H3. The Balaban J connectivity index is 2.39. The van der Waals surface area contributed by atoms with Gasteiger partial charge in [-0.3, -0.25) is 0 Å². The van der Waals surface area contributed by atoms with Crippen LogP contribution in [-0.2, 0) is 28.9 Å². The van der Waals surface area contributed by atoms with E-state index in [1.807, 2.05) is 0 Å². The molecule has 0 fully saturated rings. The Morgan fingerprint density at radius 3 is 2.43 bits per heavy atom. The fourth-order valence-corrected chi connectivity index (χ4v) is 2.44. The second-order valence-electron chi connectivity index (χ2n) is 5.76. The first-order valence-electron chi connectivity index (χ1n) is 6.37. The van der Waals surface area contributed by atoms with E-state index in [1.54, 1.807) is 20.8 Å². The molecule has 1 atom stereocenters. The molecule has 3 nitrogen and oxygen atoms in total. The number of alkyl halides is 3. The van der Waals surface area contributed by atoms with Gasteiger partial charge in [-0.1, -0.05) is 10.5 Å². The minimum absolute atomic E-state index is 0.0976. The summed E-state index contributed by atoms with van der Waals surface area (Å²) in [6.45, 7) is 5.60. The topological polar surface area (TPSA) is 44.7 Å². The van der Waals surface area contributed by atoms with Crippen LogP contribution in [0.5, 0.6) is 0 Å². The van der Waals surface area contributed by atoms with Gasteiger partial charge in [0.2, 0.25) is 0 Å². The van der Waals surface area contributed by atoms with Gasteiger partial charge >= 0.3 is 6.18 Å². The molecule has 2 rings (SSSR count). The highest BCUT2D eigenvalue weighted by Gasteiger charge is 2.33. The Morgan fingerprint density at radius 2 is 1.86 bits per heavy atom. The molecular weight excluding hydrogens is 303 g/mol. The molecule has 1 aromatic carbocycles. The van der Waals surface area contributed by atoms with Crippen LogP contribution in [0.3, 0.4) is 0 Å². The Hall–Kier alpha value is -1.05. The van der Waals surface area contributed by atoms with Crippen LogP contribution >= 0.6 is 0 Å². The molecule has 0 saturated heterocycles. The normalized spacial score (nSPS) is 19.5. The lowest BCUT2D eigenvalue weighted by Gasteiger charge is -2.23. The molecule has 7 heteroatoms. The zero-order valence-corrected chi connectivity index (χ0v) is 12.8. The van der Waals surface area contributed by atoms with E-state index < -0.39 is 27.8 Å². The number of hydrogen-bond donors (Lipinski definition) is 0. The van der Waals surface area contributed by atoms with Crippen molar-refractivity contribution in [1.29, 1.82) is 0 Å². The number of ether oxygens (including phenoxy) is 1. The van der Waals surface area contributed by atoms with Crippen LogP contribution < -0.4 is 0 Å². The zero-order chi connectivity index (χ0) is 15.8. The molecule has 0 aliphatic carbocycles. The fraction of sp³-hybridized carbons (Fsp3) is 0.500. The largest absolute Gasteiger partial charge is 0.591 e. The van der Waals surface area contributed by atoms with Crippen molar-refractivity contribution in [3.8, 4) is 0 Å². The molecule has 1 unspecified atom stereocenters. The van der Waals surface area contributed by atoms with Gasteiger partial charge in [-0.2, -0.15) is 13.2 Å². The van der Waals surface area contributed by atoms with E-state index in [-0.39, 0.29) is 13.2 Å². The van der Waals surface area contributed by atoms with Gasteiger partial charge in [0, 0.05) is 5.56 Å². The molecule has 0 radical (unpaired) electrons. The minimum atomic E-state index is -4.39. The fourth-order valence-electron chi connectivity index (χ4n) is 1.82. The van der Waals surface area contributed by atoms with Crippen molar-refractivity contribution in [1.82, 2.24) is 0 Å². The van der Waals surface area contributed by atoms with Gasteiger partial charge in [0.15, 0.2) is 0 Å². The predicted octanol–water partition coefficient (Wildman–Crippen LogP) is 3.49. The minimum Gasteiger partial charge on any atom is -0.591 e. The van der Waals surface area contributed by atoms with Crippen molar-refractivity contribution >= 4 is 17.1 Å². The van der Waals surface area contributed by atoms with E-state index in [1.165, 1.54) is 6.07 Å². The molecule has 21 heavy (non-hydrogen) atoms. The summed E-state index contributed by atoms with van der Waals surface area (Å²) in [5, 5.41) is 0. The van der Waals surface area contributed by atoms with Crippen molar-refractivity contribution in [2.45, 2.75) is 38.3 Å². The molecular formula is C14H16F3NO2S. The Morgan fingerprint density at radius 1 is 1.19 bits per heavy atom. The summed E-state index contributed by atoms with van der Waals surface area (Å²) in [4.78, 5) is 0. The van der Waals surface area contributed by atoms with E-state index in [0.29, 0.717) is 16.8 Å². The average molecular weight is 319 g/mol. The molecule has 1 aliphatic heterocycles. The molecule has 1 aromatic rings. The third kappa shape index (κ3) is 3.78. The Labute approximate surface area is 124 Å². The predicted molar refractivity (Wildman–Crippen MR) is 75.5 cm³/mol. The quantitative estimate of drug-likeness (QED) is 0.744. The molecule has 1 aliphatic rings. The van der Waals surface area contributed by atoms with E-state index >= 15 is 0 Å². The molecule has 0 spiro atoms. The molecule has 0 saturated carbocycles. The first kappa shape index (κ1) is 16.3. The molecule has 1 heterocycles. The summed E-state index contributed by atoms with van der Waals surface area (Å²) >= 11 is -1.48. The van der Waals surface area contributed by atoms with E-state index in [0.717, 1.165) is 12.1 Å². The van der Waals surface area contributed by atoms with Crippen molar-refractivity contribution in [3.63, 3.8) is 0 Å². The smallest absolute Gasteiger partial charge is 0.416 e. The van der Waals surface area contributed by atoms with Crippen LogP contribution in [0, 0.1) is 0 Å². The van der Waals surface area contributed by atoms with Crippen LogP contribution in [0.15, 0.2) is 22.6 Å². The van der Waals surface area contributed by atoms with Crippen LogP contribution in [-0.4, -0.2) is 21.6 Å². The van der Waals surface area contributed by atoms with Crippen LogP contribution in [0.1, 0.15) is 37.5 Å².